The van der Waals surface area contributed by atoms with Gasteiger partial charge in [0, 0.05) is 36.2 Å². The Morgan fingerprint density at radius 1 is 1.12 bits per heavy atom. The fraction of sp³-hybridized carbons (Fsp3) is 0.435. The molecule has 5 rings (SSSR count). The number of ether oxygens (including phenoxy) is 1. The quantitative estimate of drug-likeness (QED) is 0.448. The van der Waals surface area contributed by atoms with Gasteiger partial charge >= 0.3 is 6.18 Å². The third-order valence-electron chi connectivity index (χ3n) is 6.35. The number of nitrogens with zero attached hydrogens (tertiary/aromatic N) is 1. The van der Waals surface area contributed by atoms with Gasteiger partial charge in [0.25, 0.3) is 0 Å². The van der Waals surface area contributed by atoms with Gasteiger partial charge in [-0.2, -0.15) is 13.2 Å². The molecule has 2 aromatic rings. The molecular formula is C23H20ClF4NO3. The molecule has 0 atom stereocenters. The lowest BCUT2D eigenvalue weighted by Crippen LogP contribution is -2.66. The van der Waals surface area contributed by atoms with E-state index in [1.807, 2.05) is 0 Å². The number of hydrogen-bond acceptors (Lipinski definition) is 4. The second-order valence-electron chi connectivity index (χ2n) is 8.85. The van der Waals surface area contributed by atoms with E-state index >= 15 is 0 Å². The second-order valence-corrected chi connectivity index (χ2v) is 9.26. The summed E-state index contributed by atoms with van der Waals surface area (Å²) in [5, 5.41) is -0.0263. The van der Waals surface area contributed by atoms with Crippen molar-refractivity contribution in [2.75, 3.05) is 6.61 Å². The fourth-order valence-corrected chi connectivity index (χ4v) is 5.05. The maximum absolute atomic E-state index is 13.4. The van der Waals surface area contributed by atoms with Crippen LogP contribution in [0.4, 0.5) is 17.6 Å². The van der Waals surface area contributed by atoms with E-state index in [4.69, 9.17) is 16.3 Å². The van der Waals surface area contributed by atoms with Crippen LogP contribution in [0.15, 0.2) is 36.5 Å². The summed E-state index contributed by atoms with van der Waals surface area (Å²) < 4.78 is 56.5. The average molecular weight is 470 g/mol. The highest BCUT2D eigenvalue weighted by molar-refractivity contribution is 6.30. The van der Waals surface area contributed by atoms with Crippen molar-refractivity contribution in [2.24, 2.45) is 10.8 Å². The number of alkyl halides is 3. The van der Waals surface area contributed by atoms with E-state index in [1.165, 1.54) is 18.2 Å². The summed E-state index contributed by atoms with van der Waals surface area (Å²) in [5.41, 5.74) is -0.956. The first-order valence-corrected chi connectivity index (χ1v) is 10.5. The van der Waals surface area contributed by atoms with Crippen molar-refractivity contribution >= 4 is 23.2 Å². The van der Waals surface area contributed by atoms with E-state index in [-0.39, 0.29) is 47.2 Å². The van der Waals surface area contributed by atoms with Crippen LogP contribution in [0.25, 0.3) is 0 Å². The van der Waals surface area contributed by atoms with Gasteiger partial charge in [-0.1, -0.05) is 11.6 Å². The predicted molar refractivity (Wildman–Crippen MR) is 108 cm³/mol. The van der Waals surface area contributed by atoms with Gasteiger partial charge in [0.2, 0.25) is 0 Å². The summed E-state index contributed by atoms with van der Waals surface area (Å²) in [4.78, 5) is 28.7. The monoisotopic (exact) mass is 469 g/mol. The molecule has 4 nitrogen and oxygen atoms in total. The summed E-state index contributed by atoms with van der Waals surface area (Å²) in [6.45, 7) is -0.177. The first-order valence-electron chi connectivity index (χ1n) is 10.2. The standard InChI is InChI=1S/C23H20ClF4NO3/c24-18-5-4-17(7-19(18)25)32-10-16(30)8-21-11-22(12-21,13-21)20(31)6-3-15-2-1-14(9-29-15)23(26,27)28/h1-2,4-5,7,9H,3,6,8,10-13H2. The predicted octanol–water partition coefficient (Wildman–Crippen LogP) is 5.60. The van der Waals surface area contributed by atoms with Crippen molar-refractivity contribution in [2.45, 2.75) is 44.7 Å². The zero-order chi connectivity index (χ0) is 23.1. The van der Waals surface area contributed by atoms with E-state index in [2.05, 4.69) is 4.98 Å². The van der Waals surface area contributed by atoms with Crippen LogP contribution in [0.3, 0.4) is 0 Å². The molecule has 0 spiro atoms. The number of carbonyl (C=O) groups is 2. The summed E-state index contributed by atoms with van der Waals surface area (Å²) >= 11 is 5.61. The lowest BCUT2D eigenvalue weighted by molar-refractivity contribution is -0.208. The highest BCUT2D eigenvalue weighted by atomic mass is 35.5. The van der Waals surface area contributed by atoms with Gasteiger partial charge in [0.05, 0.1) is 10.6 Å². The van der Waals surface area contributed by atoms with E-state index in [0.29, 0.717) is 31.4 Å². The van der Waals surface area contributed by atoms with Crippen molar-refractivity contribution in [3.8, 4) is 5.75 Å². The summed E-state index contributed by atoms with van der Waals surface area (Å²) in [7, 11) is 0. The number of halogens is 5. The van der Waals surface area contributed by atoms with Gasteiger partial charge in [0.1, 0.15) is 24.0 Å². The van der Waals surface area contributed by atoms with Gasteiger partial charge < -0.3 is 4.74 Å². The third-order valence-corrected chi connectivity index (χ3v) is 6.66. The molecule has 0 amide bonds. The summed E-state index contributed by atoms with van der Waals surface area (Å²) in [5.74, 6) is -0.444. The van der Waals surface area contributed by atoms with Crippen LogP contribution in [-0.4, -0.2) is 23.2 Å². The Kier molecular flexibility index (Phi) is 5.77. The molecule has 9 heteroatoms. The lowest BCUT2D eigenvalue weighted by atomic mass is 9.33. The molecule has 0 unspecified atom stereocenters. The zero-order valence-electron chi connectivity index (χ0n) is 17.0. The minimum Gasteiger partial charge on any atom is -0.486 e. The number of Topliss-reactive ketones (excluding diaryl/α,β-unsaturated/α-hetero) is 2. The molecule has 1 aromatic heterocycles. The molecule has 1 heterocycles. The Morgan fingerprint density at radius 2 is 1.84 bits per heavy atom. The Hall–Kier alpha value is -2.48. The van der Waals surface area contributed by atoms with E-state index in [0.717, 1.165) is 18.3 Å². The van der Waals surface area contributed by atoms with Crippen LogP contribution < -0.4 is 4.74 Å². The second kappa shape index (κ2) is 8.14. The van der Waals surface area contributed by atoms with Crippen LogP contribution in [-0.2, 0) is 22.2 Å². The van der Waals surface area contributed by atoms with Crippen molar-refractivity contribution in [1.82, 2.24) is 4.98 Å². The van der Waals surface area contributed by atoms with Gasteiger partial charge in [0.15, 0.2) is 5.78 Å². The van der Waals surface area contributed by atoms with Gasteiger partial charge in [-0.15, -0.1) is 0 Å². The average Bonchev–Trinajstić information content (AvgIpc) is 2.68. The number of carbonyl (C=O) groups excluding carboxylic acids is 2. The van der Waals surface area contributed by atoms with Crippen LogP contribution >= 0.6 is 11.6 Å². The highest BCUT2D eigenvalue weighted by Gasteiger charge is 2.70. The first kappa shape index (κ1) is 22.7. The Morgan fingerprint density at radius 3 is 2.44 bits per heavy atom. The number of benzene rings is 1. The minimum absolute atomic E-state index is 0.0263. The molecule has 0 N–H and O–H groups in total. The Bertz CT molecular complexity index is 1030. The maximum atomic E-state index is 13.4. The number of ketones is 2. The molecule has 3 saturated carbocycles. The SMILES string of the molecule is O=C(COc1ccc(Cl)c(F)c1)CC12CC(C(=O)CCc3ccc(C(F)(F)F)cn3)(C1)C2. The van der Waals surface area contributed by atoms with Crippen molar-refractivity contribution < 1.29 is 31.9 Å². The smallest absolute Gasteiger partial charge is 0.417 e. The molecule has 0 aliphatic heterocycles. The van der Waals surface area contributed by atoms with Gasteiger partial charge in [-0.25, -0.2) is 4.39 Å². The molecule has 3 fully saturated rings. The maximum Gasteiger partial charge on any atom is 0.417 e. The van der Waals surface area contributed by atoms with Crippen LogP contribution in [0.2, 0.25) is 5.02 Å². The topological polar surface area (TPSA) is 56.3 Å². The molecule has 170 valence electrons. The molecule has 1 aromatic carbocycles. The highest BCUT2D eigenvalue weighted by Crippen LogP contribution is 2.75. The molecule has 3 aliphatic carbocycles. The fourth-order valence-electron chi connectivity index (χ4n) is 4.93. The van der Waals surface area contributed by atoms with Crippen molar-refractivity contribution in [1.29, 1.82) is 0 Å². The lowest BCUT2D eigenvalue weighted by Gasteiger charge is -2.70. The van der Waals surface area contributed by atoms with Crippen LogP contribution in [0.5, 0.6) is 5.75 Å². The van der Waals surface area contributed by atoms with Gasteiger partial charge in [-0.3, -0.25) is 14.6 Å². The zero-order valence-corrected chi connectivity index (χ0v) is 17.7. The van der Waals surface area contributed by atoms with E-state index in [9.17, 15) is 27.2 Å². The number of aromatic nitrogens is 1. The number of rotatable bonds is 9. The Labute approximate surface area is 186 Å². The number of hydrogen-bond donors (Lipinski definition) is 0. The molecular weight excluding hydrogens is 450 g/mol. The minimum atomic E-state index is -4.44. The molecule has 0 radical (unpaired) electrons. The third kappa shape index (κ3) is 4.51. The number of aryl methyl sites for hydroxylation is 1. The molecule has 2 bridgehead atoms. The summed E-state index contributed by atoms with van der Waals surface area (Å²) in [6, 6.07) is 6.22. The largest absolute Gasteiger partial charge is 0.486 e. The molecule has 32 heavy (non-hydrogen) atoms. The van der Waals surface area contributed by atoms with Crippen LogP contribution in [0.1, 0.15) is 43.4 Å². The van der Waals surface area contributed by atoms with E-state index < -0.39 is 23.0 Å². The molecule has 3 aliphatic rings. The normalized spacial score (nSPS) is 23.8. The van der Waals surface area contributed by atoms with Crippen molar-refractivity contribution in [3.05, 3.63) is 58.6 Å². The Balaban J connectivity index is 1.20. The van der Waals surface area contributed by atoms with Crippen molar-refractivity contribution in [3.63, 3.8) is 0 Å². The molecule has 0 saturated heterocycles. The number of pyridine rings is 1. The van der Waals surface area contributed by atoms with Gasteiger partial charge in [-0.05, 0) is 55.4 Å². The summed E-state index contributed by atoms with van der Waals surface area (Å²) in [6.07, 6.45) is -0.930. The van der Waals surface area contributed by atoms with Crippen LogP contribution in [0, 0.1) is 16.6 Å². The van der Waals surface area contributed by atoms with E-state index in [1.54, 1.807) is 0 Å². The first-order chi connectivity index (χ1) is 15.0.